The Hall–Kier alpha value is -0.0700. The number of ether oxygens (including phenoxy) is 1. The van der Waals surface area contributed by atoms with E-state index in [9.17, 15) is 0 Å². The number of methoxy groups -OCH3 is 1. The molecule has 1 rings (SSSR count). The number of nitrogens with zero attached hydrogens (tertiary/aromatic N) is 1. The van der Waals surface area contributed by atoms with Gasteiger partial charge in [0.2, 0.25) is 0 Å². The van der Waals surface area contributed by atoms with Gasteiger partial charge in [0.05, 0.1) is 23.0 Å². The molecule has 1 N–H and O–H groups in total. The summed E-state index contributed by atoms with van der Waals surface area (Å²) in [6.45, 7) is -0.111. The van der Waals surface area contributed by atoms with Crippen LogP contribution in [0, 0.1) is 3.57 Å². The maximum Gasteiger partial charge on any atom is 0.172 e. The highest BCUT2D eigenvalue weighted by Gasteiger charge is 2.08. The molecule has 0 saturated carbocycles. The average molecular weight is 299 g/mol. The maximum atomic E-state index is 8.78. The van der Waals surface area contributed by atoms with Gasteiger partial charge in [0.1, 0.15) is 0 Å². The van der Waals surface area contributed by atoms with Gasteiger partial charge in [-0.1, -0.05) is 11.6 Å². The third kappa shape index (κ3) is 1.99. The van der Waals surface area contributed by atoms with Crippen molar-refractivity contribution in [3.05, 3.63) is 20.5 Å². The molecule has 66 valence electrons. The van der Waals surface area contributed by atoms with Crippen molar-refractivity contribution in [1.82, 2.24) is 4.98 Å². The van der Waals surface area contributed by atoms with Crippen molar-refractivity contribution < 1.29 is 9.84 Å². The van der Waals surface area contributed by atoms with Crippen LogP contribution in [0.2, 0.25) is 5.15 Å². The molecule has 0 spiro atoms. The zero-order valence-corrected chi connectivity index (χ0v) is 9.26. The van der Waals surface area contributed by atoms with Gasteiger partial charge in [-0.2, -0.15) is 0 Å². The quantitative estimate of drug-likeness (QED) is 0.669. The van der Waals surface area contributed by atoms with E-state index >= 15 is 0 Å². The smallest absolute Gasteiger partial charge is 0.172 e. The summed E-state index contributed by atoms with van der Waals surface area (Å²) in [5.74, 6) is 0.550. The molecule has 0 atom stereocenters. The molecule has 0 amide bonds. The molecule has 0 fully saturated rings. The number of hydrogen-bond donors (Lipinski definition) is 1. The minimum absolute atomic E-state index is 0.111. The molecule has 0 aromatic carbocycles. The minimum Gasteiger partial charge on any atom is -0.492 e. The molecule has 12 heavy (non-hydrogen) atoms. The lowest BCUT2D eigenvalue weighted by Gasteiger charge is -2.05. The van der Waals surface area contributed by atoms with Crippen LogP contribution in [0.5, 0.6) is 5.75 Å². The van der Waals surface area contributed by atoms with Crippen molar-refractivity contribution in [3.63, 3.8) is 0 Å². The van der Waals surface area contributed by atoms with E-state index in [-0.39, 0.29) is 11.8 Å². The van der Waals surface area contributed by atoms with Crippen molar-refractivity contribution in [2.45, 2.75) is 6.61 Å². The second kappa shape index (κ2) is 4.25. The largest absolute Gasteiger partial charge is 0.492 e. The maximum absolute atomic E-state index is 8.78. The first kappa shape index (κ1) is 10.0. The van der Waals surface area contributed by atoms with E-state index in [4.69, 9.17) is 21.4 Å². The van der Waals surface area contributed by atoms with Crippen LogP contribution in [0.25, 0.3) is 0 Å². The van der Waals surface area contributed by atoms with E-state index in [2.05, 4.69) is 27.6 Å². The molecule has 0 unspecified atom stereocenters. The Morgan fingerprint density at radius 1 is 1.75 bits per heavy atom. The summed E-state index contributed by atoms with van der Waals surface area (Å²) in [6.07, 6.45) is 0. The van der Waals surface area contributed by atoms with Crippen LogP contribution >= 0.6 is 34.2 Å². The van der Waals surface area contributed by atoms with E-state index in [1.165, 1.54) is 7.11 Å². The lowest BCUT2D eigenvalue weighted by atomic mass is 10.3. The third-order valence-corrected chi connectivity index (χ3v) is 2.36. The van der Waals surface area contributed by atoms with Crippen molar-refractivity contribution in [2.75, 3.05) is 7.11 Å². The molecule has 0 bridgehead atoms. The van der Waals surface area contributed by atoms with Crippen molar-refractivity contribution in [2.24, 2.45) is 0 Å². The predicted octanol–water partition coefficient (Wildman–Crippen LogP) is 1.84. The molecular weight excluding hydrogens is 292 g/mol. The third-order valence-electron chi connectivity index (χ3n) is 1.31. The molecule has 1 aromatic rings. The zero-order valence-electron chi connectivity index (χ0n) is 6.34. The van der Waals surface area contributed by atoms with Gasteiger partial charge in [0, 0.05) is 0 Å². The van der Waals surface area contributed by atoms with Crippen LogP contribution in [0.1, 0.15) is 5.69 Å². The zero-order chi connectivity index (χ0) is 9.14. The fourth-order valence-electron chi connectivity index (χ4n) is 0.782. The number of rotatable bonds is 2. The fraction of sp³-hybridized carbons (Fsp3) is 0.286. The van der Waals surface area contributed by atoms with Gasteiger partial charge >= 0.3 is 0 Å². The molecular formula is C7H7ClINO2. The van der Waals surface area contributed by atoms with Gasteiger partial charge in [-0.25, -0.2) is 4.98 Å². The summed E-state index contributed by atoms with van der Waals surface area (Å²) in [4.78, 5) is 3.91. The lowest BCUT2D eigenvalue weighted by Crippen LogP contribution is -1.95. The number of halogens is 2. The molecule has 0 aliphatic heterocycles. The molecule has 1 aromatic heterocycles. The molecule has 0 saturated heterocycles. The number of aliphatic hydroxyl groups excluding tert-OH is 1. The van der Waals surface area contributed by atoms with Gasteiger partial charge in [-0.15, -0.1) is 0 Å². The van der Waals surface area contributed by atoms with Gasteiger partial charge in [0.15, 0.2) is 10.9 Å². The monoisotopic (exact) mass is 299 g/mol. The Kier molecular flexibility index (Phi) is 3.54. The van der Waals surface area contributed by atoms with Gasteiger partial charge in [-0.05, 0) is 28.7 Å². The van der Waals surface area contributed by atoms with Crippen LogP contribution in [0.3, 0.4) is 0 Å². The van der Waals surface area contributed by atoms with Crippen molar-refractivity contribution in [1.29, 1.82) is 0 Å². The molecule has 0 aliphatic carbocycles. The summed E-state index contributed by atoms with van der Waals surface area (Å²) in [5, 5.41) is 9.07. The van der Waals surface area contributed by atoms with E-state index in [0.717, 1.165) is 3.57 Å². The number of aliphatic hydroxyl groups is 1. The first-order chi connectivity index (χ1) is 5.69. The van der Waals surface area contributed by atoms with Gasteiger partial charge < -0.3 is 9.84 Å². The first-order valence-corrected chi connectivity index (χ1v) is 4.64. The van der Waals surface area contributed by atoms with Crippen LogP contribution in [0.15, 0.2) is 6.07 Å². The normalized spacial score (nSPS) is 10.0. The van der Waals surface area contributed by atoms with Crippen molar-refractivity contribution in [3.8, 4) is 5.75 Å². The Morgan fingerprint density at radius 2 is 2.42 bits per heavy atom. The van der Waals surface area contributed by atoms with Gasteiger partial charge in [-0.3, -0.25) is 0 Å². The summed E-state index contributed by atoms with van der Waals surface area (Å²) in [5.41, 5.74) is 0.546. The highest BCUT2D eigenvalue weighted by Crippen LogP contribution is 2.28. The molecule has 3 nitrogen and oxygen atoms in total. The minimum atomic E-state index is -0.111. The highest BCUT2D eigenvalue weighted by atomic mass is 127. The highest BCUT2D eigenvalue weighted by molar-refractivity contribution is 14.1. The van der Waals surface area contributed by atoms with E-state index in [1.807, 2.05) is 0 Å². The Labute approximate surface area is 88.9 Å². The molecule has 5 heteroatoms. The van der Waals surface area contributed by atoms with Crippen LogP contribution in [-0.2, 0) is 6.61 Å². The van der Waals surface area contributed by atoms with Crippen LogP contribution in [0.4, 0.5) is 0 Å². The lowest BCUT2D eigenvalue weighted by molar-refractivity contribution is 0.276. The molecule has 1 heterocycles. The number of hydrogen-bond acceptors (Lipinski definition) is 3. The Bertz CT molecular complexity index is 270. The van der Waals surface area contributed by atoms with E-state index in [0.29, 0.717) is 11.4 Å². The molecule has 0 radical (unpaired) electrons. The second-order valence-corrected chi connectivity index (χ2v) is 3.60. The Morgan fingerprint density at radius 3 is 2.83 bits per heavy atom. The van der Waals surface area contributed by atoms with E-state index in [1.54, 1.807) is 6.07 Å². The summed E-state index contributed by atoms with van der Waals surface area (Å²) >= 11 is 7.84. The van der Waals surface area contributed by atoms with Crippen LogP contribution in [-0.4, -0.2) is 17.2 Å². The van der Waals surface area contributed by atoms with Crippen LogP contribution < -0.4 is 4.74 Å². The average Bonchev–Trinajstić information content (AvgIpc) is 2.03. The van der Waals surface area contributed by atoms with Crippen molar-refractivity contribution >= 4 is 34.2 Å². The number of aromatic nitrogens is 1. The summed E-state index contributed by atoms with van der Waals surface area (Å²) in [6, 6.07) is 1.73. The summed E-state index contributed by atoms with van der Waals surface area (Å²) < 4.78 is 5.84. The van der Waals surface area contributed by atoms with E-state index < -0.39 is 0 Å². The van der Waals surface area contributed by atoms with Gasteiger partial charge in [0.25, 0.3) is 0 Å². The summed E-state index contributed by atoms with van der Waals surface area (Å²) in [7, 11) is 1.53. The first-order valence-electron chi connectivity index (χ1n) is 3.18. The Balaban J connectivity index is 3.18. The predicted molar refractivity (Wildman–Crippen MR) is 54.4 cm³/mol. The standard InChI is InChI=1S/C7H7ClINO2/c1-12-6-5(9)2-4(3-11)10-7(6)8/h2,11H,3H2,1H3. The number of pyridine rings is 1. The molecule has 0 aliphatic rings. The topological polar surface area (TPSA) is 42.4 Å². The fourth-order valence-corrected chi connectivity index (χ4v) is 2.06. The SMILES string of the molecule is COc1c(I)cc(CO)nc1Cl. The second-order valence-electron chi connectivity index (χ2n) is 2.08.